The second-order valence-corrected chi connectivity index (χ2v) is 6.55. The zero-order valence-corrected chi connectivity index (χ0v) is 15.6. The van der Waals surface area contributed by atoms with E-state index in [2.05, 4.69) is 10.5 Å². The van der Waals surface area contributed by atoms with Crippen molar-refractivity contribution in [3.63, 3.8) is 0 Å². The van der Waals surface area contributed by atoms with Crippen LogP contribution in [0.5, 0.6) is 0 Å². The summed E-state index contributed by atoms with van der Waals surface area (Å²) in [6.45, 7) is 0.103. The Bertz CT molecular complexity index is 1190. The molecule has 0 unspecified atom stereocenters. The Morgan fingerprint density at radius 1 is 0.828 bits per heavy atom. The molecule has 4 aromatic rings. The van der Waals surface area contributed by atoms with E-state index in [0.717, 1.165) is 21.3 Å². The van der Waals surface area contributed by atoms with E-state index in [1.807, 2.05) is 72.8 Å². The summed E-state index contributed by atoms with van der Waals surface area (Å²) in [6, 6.07) is 26.4. The maximum Gasteiger partial charge on any atom is 0.428 e. The number of rotatable bonds is 5. The molecule has 1 aromatic heterocycles. The van der Waals surface area contributed by atoms with Gasteiger partial charge in [-0.2, -0.15) is 5.10 Å². The molecule has 0 radical (unpaired) electrons. The van der Waals surface area contributed by atoms with Gasteiger partial charge in [-0.25, -0.2) is 10.2 Å². The van der Waals surface area contributed by atoms with Crippen LogP contribution in [0.3, 0.4) is 0 Å². The number of benzene rings is 3. The summed E-state index contributed by atoms with van der Waals surface area (Å²) in [5.74, 6) is 0. The Balaban J connectivity index is 1.61. The van der Waals surface area contributed by atoms with E-state index in [-0.39, 0.29) is 6.61 Å². The van der Waals surface area contributed by atoms with Crippen LogP contribution in [0.4, 0.5) is 4.79 Å². The second-order valence-electron chi connectivity index (χ2n) is 6.55. The third-order valence-corrected chi connectivity index (χ3v) is 4.51. The van der Waals surface area contributed by atoms with Gasteiger partial charge in [0.1, 0.15) is 6.61 Å². The van der Waals surface area contributed by atoms with Crippen molar-refractivity contribution < 1.29 is 9.53 Å². The third kappa shape index (κ3) is 4.32. The molecule has 0 aliphatic carbocycles. The minimum absolute atomic E-state index is 0.103. The minimum atomic E-state index is -0.746. The Kier molecular flexibility index (Phi) is 5.33. The molecule has 1 heterocycles. The number of carbonyl (C=O) groups excluding carboxylic acids is 1. The lowest BCUT2D eigenvalue weighted by molar-refractivity contribution is 0.150. The van der Waals surface area contributed by atoms with Crippen LogP contribution in [-0.2, 0) is 17.8 Å². The summed E-state index contributed by atoms with van der Waals surface area (Å²) in [5, 5.41) is 5.63. The molecule has 4 rings (SSSR count). The number of fused-ring (bicyclic) bond motifs is 1. The predicted octanol–water partition coefficient (Wildman–Crippen LogP) is 3.87. The first-order chi connectivity index (χ1) is 14.2. The molecular weight excluding hydrogens is 366 g/mol. The summed E-state index contributed by atoms with van der Waals surface area (Å²) < 4.78 is 5.21. The Hall–Kier alpha value is -3.93. The highest BCUT2D eigenvalue weighted by molar-refractivity contribution is 5.84. The van der Waals surface area contributed by atoms with Gasteiger partial charge in [-0.1, -0.05) is 78.9 Å². The molecule has 0 aliphatic rings. The van der Waals surface area contributed by atoms with Crippen molar-refractivity contribution in [3.8, 4) is 0 Å². The third-order valence-electron chi connectivity index (χ3n) is 4.51. The molecule has 1 N–H and O–H groups in total. The summed E-state index contributed by atoms with van der Waals surface area (Å²) in [7, 11) is 0. The molecule has 144 valence electrons. The van der Waals surface area contributed by atoms with E-state index >= 15 is 0 Å². The smallest absolute Gasteiger partial charge is 0.428 e. The van der Waals surface area contributed by atoms with E-state index in [1.165, 1.54) is 0 Å². The fourth-order valence-corrected chi connectivity index (χ4v) is 3.09. The molecule has 29 heavy (non-hydrogen) atoms. The van der Waals surface area contributed by atoms with Crippen LogP contribution >= 0.6 is 0 Å². The average molecular weight is 385 g/mol. The number of amides is 1. The summed E-state index contributed by atoms with van der Waals surface area (Å²) >= 11 is 0. The monoisotopic (exact) mass is 385 g/mol. The molecule has 0 bridgehead atoms. The van der Waals surface area contributed by atoms with Gasteiger partial charge in [0.05, 0.1) is 11.1 Å². The maximum absolute atomic E-state index is 12.8. The molecule has 1 amide bonds. The zero-order chi connectivity index (χ0) is 20.1. The van der Waals surface area contributed by atoms with Gasteiger partial charge in [-0.15, -0.1) is 4.79 Å². The van der Waals surface area contributed by atoms with E-state index in [0.29, 0.717) is 17.5 Å². The summed E-state index contributed by atoms with van der Waals surface area (Å²) in [4.78, 5) is 25.9. The van der Waals surface area contributed by atoms with E-state index in [4.69, 9.17) is 4.74 Å². The van der Waals surface area contributed by atoms with Crippen molar-refractivity contribution in [2.24, 2.45) is 0 Å². The van der Waals surface area contributed by atoms with Gasteiger partial charge in [0.25, 0.3) is 5.56 Å². The highest BCUT2D eigenvalue weighted by Gasteiger charge is 2.13. The highest BCUT2D eigenvalue weighted by Crippen LogP contribution is 2.16. The molecule has 3 aromatic carbocycles. The van der Waals surface area contributed by atoms with Gasteiger partial charge in [-0.05, 0) is 17.2 Å². The van der Waals surface area contributed by atoms with Crippen LogP contribution in [0.2, 0.25) is 0 Å². The Labute approximate surface area is 167 Å². The largest absolute Gasteiger partial charge is 0.443 e. The van der Waals surface area contributed by atoms with Gasteiger partial charge < -0.3 is 4.74 Å². The van der Waals surface area contributed by atoms with Crippen molar-refractivity contribution >= 4 is 16.9 Å². The fourth-order valence-electron chi connectivity index (χ4n) is 3.09. The first-order valence-corrected chi connectivity index (χ1v) is 9.23. The standard InChI is InChI=1S/C23H19N3O3/c27-22-20-14-8-7-13-19(20)21(15-17-9-3-1-4-10-17)24-26(22)25-23(28)29-16-18-11-5-2-6-12-18/h1-14H,15-16H2,(H,25,28). The topological polar surface area (TPSA) is 73.2 Å². The van der Waals surface area contributed by atoms with Crippen molar-refractivity contribution in [1.29, 1.82) is 0 Å². The Morgan fingerprint density at radius 2 is 1.41 bits per heavy atom. The molecule has 6 heteroatoms. The first-order valence-electron chi connectivity index (χ1n) is 9.23. The van der Waals surface area contributed by atoms with Gasteiger partial charge in [-0.3, -0.25) is 4.79 Å². The average Bonchev–Trinajstić information content (AvgIpc) is 2.77. The molecule has 0 saturated heterocycles. The molecule has 0 fully saturated rings. The van der Waals surface area contributed by atoms with Crippen molar-refractivity contribution in [2.45, 2.75) is 13.0 Å². The van der Waals surface area contributed by atoms with Gasteiger partial charge in [0, 0.05) is 11.8 Å². The molecule has 0 spiro atoms. The van der Waals surface area contributed by atoms with Crippen LogP contribution in [0, 0.1) is 0 Å². The van der Waals surface area contributed by atoms with Crippen LogP contribution in [-0.4, -0.2) is 16.0 Å². The summed E-state index contributed by atoms with van der Waals surface area (Å²) in [6.07, 6.45) is -0.216. The maximum atomic E-state index is 12.8. The predicted molar refractivity (Wildman–Crippen MR) is 111 cm³/mol. The molecule has 0 aliphatic heterocycles. The van der Waals surface area contributed by atoms with Crippen molar-refractivity contribution in [1.82, 2.24) is 9.89 Å². The van der Waals surface area contributed by atoms with Crippen LogP contribution in [0.25, 0.3) is 10.8 Å². The van der Waals surface area contributed by atoms with Crippen molar-refractivity contribution in [2.75, 3.05) is 5.43 Å². The van der Waals surface area contributed by atoms with Crippen LogP contribution < -0.4 is 11.0 Å². The molecular formula is C23H19N3O3. The lowest BCUT2D eigenvalue weighted by atomic mass is 10.0. The Morgan fingerprint density at radius 3 is 2.10 bits per heavy atom. The number of hydrogen-bond donors (Lipinski definition) is 1. The number of nitrogens with zero attached hydrogens (tertiary/aromatic N) is 2. The second kappa shape index (κ2) is 8.39. The fraction of sp³-hybridized carbons (Fsp3) is 0.0870. The van der Waals surface area contributed by atoms with Crippen molar-refractivity contribution in [3.05, 3.63) is 112 Å². The number of hydrogen-bond acceptors (Lipinski definition) is 4. The highest BCUT2D eigenvalue weighted by atomic mass is 16.6. The lowest BCUT2D eigenvalue weighted by Gasteiger charge is -2.12. The normalized spacial score (nSPS) is 10.6. The van der Waals surface area contributed by atoms with E-state index in [1.54, 1.807) is 12.1 Å². The van der Waals surface area contributed by atoms with Crippen LogP contribution in [0.15, 0.2) is 89.7 Å². The zero-order valence-electron chi connectivity index (χ0n) is 15.6. The lowest BCUT2D eigenvalue weighted by Crippen LogP contribution is -2.36. The minimum Gasteiger partial charge on any atom is -0.443 e. The number of ether oxygens (including phenoxy) is 1. The number of carbonyl (C=O) groups is 1. The number of aromatic nitrogens is 2. The van der Waals surface area contributed by atoms with E-state index < -0.39 is 11.7 Å². The molecule has 0 saturated carbocycles. The quantitative estimate of drug-likeness (QED) is 0.566. The number of nitrogens with one attached hydrogen (secondary N) is 1. The summed E-state index contributed by atoms with van der Waals surface area (Å²) in [5.41, 5.74) is 4.62. The van der Waals surface area contributed by atoms with Gasteiger partial charge >= 0.3 is 6.09 Å². The van der Waals surface area contributed by atoms with Crippen LogP contribution in [0.1, 0.15) is 16.8 Å². The van der Waals surface area contributed by atoms with E-state index in [9.17, 15) is 9.59 Å². The SMILES string of the molecule is O=C(Nn1nc(Cc2ccccc2)c2ccccc2c1=O)OCc1ccccc1. The van der Waals surface area contributed by atoms with Gasteiger partial charge in [0.15, 0.2) is 0 Å². The van der Waals surface area contributed by atoms with Gasteiger partial charge in [0.2, 0.25) is 0 Å². The first kappa shape index (κ1) is 18.4. The molecule has 0 atom stereocenters. The molecule has 6 nitrogen and oxygen atoms in total.